The molecule has 34 heavy (non-hydrogen) atoms. The van der Waals surface area contributed by atoms with Gasteiger partial charge in [0.2, 0.25) is 10.0 Å². The lowest BCUT2D eigenvalue weighted by Crippen LogP contribution is -2.63. The Labute approximate surface area is 194 Å². The van der Waals surface area contributed by atoms with E-state index in [-0.39, 0.29) is 19.5 Å². The molecule has 0 aliphatic carbocycles. The van der Waals surface area contributed by atoms with Crippen molar-refractivity contribution in [3.8, 4) is 34.5 Å². The van der Waals surface area contributed by atoms with Gasteiger partial charge in [0.15, 0.2) is 11.6 Å². The second-order valence-electron chi connectivity index (χ2n) is 8.33. The highest BCUT2D eigenvalue weighted by molar-refractivity contribution is 7.88. The summed E-state index contributed by atoms with van der Waals surface area (Å²) >= 11 is 0. The van der Waals surface area contributed by atoms with Gasteiger partial charge in [-0.1, -0.05) is 0 Å². The highest BCUT2D eigenvalue weighted by Crippen LogP contribution is 2.36. The monoisotopic (exact) mass is 478 g/mol. The summed E-state index contributed by atoms with van der Waals surface area (Å²) < 4.78 is 40.7. The van der Waals surface area contributed by atoms with Gasteiger partial charge >= 0.3 is 0 Å². The summed E-state index contributed by atoms with van der Waals surface area (Å²) in [4.78, 5) is 9.12. The van der Waals surface area contributed by atoms with E-state index in [1.54, 1.807) is 41.3 Å². The van der Waals surface area contributed by atoms with Crippen molar-refractivity contribution in [2.75, 3.05) is 19.3 Å². The first-order valence-corrected chi connectivity index (χ1v) is 12.2. The molecule has 1 N–H and O–H groups in total. The van der Waals surface area contributed by atoms with E-state index in [9.17, 15) is 23.2 Å². The standard InChI is InChI=1S/C23H19FN6O3S/c1-34(32,33)29-13-23(14-29,7-8-25)30-10-6-18(28-30)22-16-3-2-9-26-20(16)12-19(27-22)15-4-5-21(31)17(24)11-15/h2-6,9-12,31H,7,13-14H2,1H3. The molecule has 1 aromatic carbocycles. The van der Waals surface area contributed by atoms with Crippen molar-refractivity contribution in [1.82, 2.24) is 24.1 Å². The SMILES string of the molecule is CS(=O)(=O)N1CC(CC#N)(n2ccc(-c3nc(-c4ccc(O)c(F)c4)cc4ncccc34)n2)C1. The van der Waals surface area contributed by atoms with Crippen LogP contribution in [0.5, 0.6) is 5.75 Å². The zero-order valence-corrected chi connectivity index (χ0v) is 18.9. The summed E-state index contributed by atoms with van der Waals surface area (Å²) in [6.45, 7) is 0.312. The van der Waals surface area contributed by atoms with Crippen LogP contribution in [-0.2, 0) is 15.6 Å². The summed E-state index contributed by atoms with van der Waals surface area (Å²) in [6.07, 6.45) is 4.59. The summed E-state index contributed by atoms with van der Waals surface area (Å²) in [5.41, 5.74) is 1.81. The third-order valence-corrected chi connectivity index (χ3v) is 7.18. The molecular formula is C23H19FN6O3S. The van der Waals surface area contributed by atoms with Crippen LogP contribution in [0, 0.1) is 17.1 Å². The maximum Gasteiger partial charge on any atom is 0.211 e. The number of fused-ring (bicyclic) bond motifs is 1. The van der Waals surface area contributed by atoms with Crippen LogP contribution >= 0.6 is 0 Å². The average molecular weight is 479 g/mol. The molecule has 0 saturated carbocycles. The highest BCUT2D eigenvalue weighted by Gasteiger charge is 2.49. The van der Waals surface area contributed by atoms with Gasteiger partial charge < -0.3 is 5.11 Å². The van der Waals surface area contributed by atoms with Crippen LogP contribution in [0.4, 0.5) is 4.39 Å². The number of benzene rings is 1. The third kappa shape index (κ3) is 3.67. The third-order valence-electron chi connectivity index (χ3n) is 5.98. The maximum absolute atomic E-state index is 14.0. The number of phenolic OH excluding ortho intramolecular Hbond substituents is 1. The van der Waals surface area contributed by atoms with Crippen molar-refractivity contribution in [3.05, 3.63) is 60.7 Å². The highest BCUT2D eigenvalue weighted by atomic mass is 32.2. The molecule has 1 fully saturated rings. The number of rotatable bonds is 5. The Morgan fingerprint density at radius 2 is 2.00 bits per heavy atom. The van der Waals surface area contributed by atoms with Crippen LogP contribution in [0.25, 0.3) is 33.5 Å². The Morgan fingerprint density at radius 3 is 2.71 bits per heavy atom. The van der Waals surface area contributed by atoms with E-state index in [2.05, 4.69) is 16.2 Å². The number of aromatic hydroxyl groups is 1. The molecule has 0 unspecified atom stereocenters. The molecule has 0 amide bonds. The molecular weight excluding hydrogens is 459 g/mol. The largest absolute Gasteiger partial charge is 0.505 e. The molecule has 9 nitrogen and oxygen atoms in total. The minimum absolute atomic E-state index is 0.0999. The molecule has 1 saturated heterocycles. The molecule has 172 valence electrons. The van der Waals surface area contributed by atoms with E-state index in [0.29, 0.717) is 28.2 Å². The van der Waals surface area contributed by atoms with Crippen LogP contribution in [0.15, 0.2) is 54.9 Å². The Morgan fingerprint density at radius 1 is 1.21 bits per heavy atom. The minimum atomic E-state index is -3.37. The molecule has 1 aliphatic heterocycles. The fourth-order valence-electron chi connectivity index (χ4n) is 4.13. The van der Waals surface area contributed by atoms with Gasteiger partial charge in [0.25, 0.3) is 0 Å². The fraction of sp³-hybridized carbons (Fsp3) is 0.217. The first-order valence-electron chi connectivity index (χ1n) is 10.3. The summed E-state index contributed by atoms with van der Waals surface area (Å²) in [6, 6.07) is 13.3. The van der Waals surface area contributed by atoms with E-state index in [1.807, 2.05) is 6.07 Å². The predicted molar refractivity (Wildman–Crippen MR) is 122 cm³/mol. The first-order chi connectivity index (χ1) is 16.2. The van der Waals surface area contributed by atoms with E-state index < -0.39 is 27.1 Å². The van der Waals surface area contributed by atoms with E-state index >= 15 is 0 Å². The van der Waals surface area contributed by atoms with Gasteiger partial charge in [0.1, 0.15) is 16.9 Å². The number of phenols is 1. The van der Waals surface area contributed by atoms with Crippen LogP contribution in [0.3, 0.4) is 0 Å². The van der Waals surface area contributed by atoms with Crippen molar-refractivity contribution < 1.29 is 17.9 Å². The quantitative estimate of drug-likeness (QED) is 0.468. The van der Waals surface area contributed by atoms with Gasteiger partial charge in [-0.2, -0.15) is 14.7 Å². The molecule has 1 aliphatic rings. The lowest BCUT2D eigenvalue weighted by atomic mass is 9.89. The zero-order valence-electron chi connectivity index (χ0n) is 18.1. The number of hydrogen-bond donors (Lipinski definition) is 1. The number of sulfonamides is 1. The molecule has 0 bridgehead atoms. The Balaban J connectivity index is 1.60. The van der Waals surface area contributed by atoms with Crippen LogP contribution in [0.2, 0.25) is 0 Å². The topological polar surface area (TPSA) is 125 Å². The van der Waals surface area contributed by atoms with Crippen LogP contribution < -0.4 is 0 Å². The fourth-order valence-corrected chi connectivity index (χ4v) is 5.08. The Hall–Kier alpha value is -3.88. The van der Waals surface area contributed by atoms with Crippen molar-refractivity contribution in [3.63, 3.8) is 0 Å². The van der Waals surface area contributed by atoms with Gasteiger partial charge in [-0.05, 0) is 42.5 Å². The molecule has 5 rings (SSSR count). The number of nitrogens with zero attached hydrogens (tertiary/aromatic N) is 6. The van der Waals surface area contributed by atoms with Gasteiger partial charge in [0, 0.05) is 36.4 Å². The normalized spacial score (nSPS) is 15.7. The number of pyridine rings is 2. The van der Waals surface area contributed by atoms with Crippen LogP contribution in [0.1, 0.15) is 6.42 Å². The molecule has 4 heterocycles. The number of hydrogen-bond acceptors (Lipinski definition) is 7. The molecule has 3 aromatic heterocycles. The summed E-state index contributed by atoms with van der Waals surface area (Å²) in [7, 11) is -3.37. The Kier molecular flexibility index (Phi) is 5.07. The number of halogens is 1. The average Bonchev–Trinajstić information content (AvgIpc) is 3.26. The second kappa shape index (κ2) is 7.86. The molecule has 0 atom stereocenters. The van der Waals surface area contributed by atoms with Gasteiger partial charge in [-0.15, -0.1) is 0 Å². The number of nitriles is 1. The zero-order chi connectivity index (χ0) is 24.1. The van der Waals surface area contributed by atoms with Gasteiger partial charge in [-0.3, -0.25) is 9.67 Å². The smallest absolute Gasteiger partial charge is 0.211 e. The van der Waals surface area contributed by atoms with Crippen molar-refractivity contribution in [2.24, 2.45) is 0 Å². The van der Waals surface area contributed by atoms with Gasteiger partial charge in [0.05, 0.1) is 30.0 Å². The van der Waals surface area contributed by atoms with Crippen molar-refractivity contribution >= 4 is 20.9 Å². The van der Waals surface area contributed by atoms with Crippen LogP contribution in [-0.4, -0.2) is 56.9 Å². The van der Waals surface area contributed by atoms with Crippen molar-refractivity contribution in [2.45, 2.75) is 12.0 Å². The molecule has 4 aromatic rings. The predicted octanol–water partition coefficient (Wildman–Crippen LogP) is 2.89. The summed E-state index contributed by atoms with van der Waals surface area (Å²) in [5, 5.41) is 24.3. The second-order valence-corrected chi connectivity index (χ2v) is 10.3. The molecule has 11 heteroatoms. The molecule has 0 radical (unpaired) electrons. The maximum atomic E-state index is 14.0. The van der Waals surface area contributed by atoms with E-state index in [4.69, 9.17) is 4.98 Å². The van der Waals surface area contributed by atoms with E-state index in [0.717, 1.165) is 11.6 Å². The minimum Gasteiger partial charge on any atom is -0.505 e. The Bertz CT molecular complexity index is 1570. The van der Waals surface area contributed by atoms with Crippen molar-refractivity contribution in [1.29, 1.82) is 5.26 Å². The lowest BCUT2D eigenvalue weighted by molar-refractivity contribution is 0.0726. The molecule has 0 spiro atoms. The van der Waals surface area contributed by atoms with Gasteiger partial charge in [-0.25, -0.2) is 17.8 Å². The number of aromatic nitrogens is 4. The lowest BCUT2D eigenvalue weighted by Gasteiger charge is -2.47. The first kappa shape index (κ1) is 21.9. The van der Waals surface area contributed by atoms with E-state index in [1.165, 1.54) is 16.4 Å². The summed E-state index contributed by atoms with van der Waals surface area (Å²) in [5.74, 6) is -1.21.